The number of nitro groups is 1. The van der Waals surface area contributed by atoms with E-state index in [2.05, 4.69) is 9.97 Å². The summed E-state index contributed by atoms with van der Waals surface area (Å²) in [4.78, 5) is 45.5. The third kappa shape index (κ3) is 3.04. The van der Waals surface area contributed by atoms with Gasteiger partial charge in [0.25, 0.3) is 17.5 Å². The molecular weight excluding hydrogens is 398 g/mol. The first-order valence-electron chi connectivity index (χ1n) is 9.26. The SMILES string of the molecule is O=C(c1cc(C(=O)n2cnc3ccccc32)cc([N+](=O)[O-])c1)n1cnc2ccccc21. The molecule has 31 heavy (non-hydrogen) atoms. The van der Waals surface area contributed by atoms with Crippen molar-refractivity contribution in [3.63, 3.8) is 0 Å². The maximum Gasteiger partial charge on any atom is 0.271 e. The molecule has 2 aromatic heterocycles. The topological polar surface area (TPSA) is 113 Å². The van der Waals surface area contributed by atoms with Crippen molar-refractivity contribution in [2.24, 2.45) is 0 Å². The molecule has 0 unspecified atom stereocenters. The Hall–Kier alpha value is -4.66. The molecule has 0 radical (unpaired) electrons. The molecule has 150 valence electrons. The van der Waals surface area contributed by atoms with E-state index in [4.69, 9.17) is 0 Å². The molecule has 5 aromatic rings. The lowest BCUT2D eigenvalue weighted by Gasteiger charge is -2.07. The van der Waals surface area contributed by atoms with Crippen molar-refractivity contribution >= 4 is 39.6 Å². The van der Waals surface area contributed by atoms with Gasteiger partial charge in [0.2, 0.25) is 0 Å². The molecule has 3 aromatic carbocycles. The summed E-state index contributed by atoms with van der Waals surface area (Å²) >= 11 is 0. The van der Waals surface area contributed by atoms with Crippen LogP contribution in [-0.4, -0.2) is 35.8 Å². The Balaban J connectivity index is 1.63. The summed E-state index contributed by atoms with van der Waals surface area (Å²) in [6.45, 7) is 0. The molecule has 0 fully saturated rings. The van der Waals surface area contributed by atoms with Crippen LogP contribution in [0.4, 0.5) is 5.69 Å². The molecule has 0 atom stereocenters. The maximum absolute atomic E-state index is 13.1. The van der Waals surface area contributed by atoms with Crippen molar-refractivity contribution in [1.29, 1.82) is 0 Å². The predicted octanol–water partition coefficient (Wildman–Crippen LogP) is 3.67. The van der Waals surface area contributed by atoms with Crippen LogP contribution in [0.3, 0.4) is 0 Å². The standard InChI is InChI=1S/C22H13N5O4/c28-21(25-12-23-17-5-1-3-7-19(17)25)14-9-15(11-16(10-14)27(30)31)22(29)26-13-24-18-6-2-4-8-20(18)26/h1-13H. The van der Waals surface area contributed by atoms with Gasteiger partial charge < -0.3 is 0 Å². The summed E-state index contributed by atoms with van der Waals surface area (Å²) in [5, 5.41) is 11.5. The van der Waals surface area contributed by atoms with Gasteiger partial charge in [0.05, 0.1) is 27.0 Å². The first-order chi connectivity index (χ1) is 15.0. The molecular formula is C22H13N5O4. The Labute approximate surface area is 174 Å². The highest BCUT2D eigenvalue weighted by Crippen LogP contribution is 2.22. The Kier molecular flexibility index (Phi) is 4.14. The van der Waals surface area contributed by atoms with Gasteiger partial charge >= 0.3 is 0 Å². The number of hydrogen-bond acceptors (Lipinski definition) is 6. The summed E-state index contributed by atoms with van der Waals surface area (Å²) < 4.78 is 2.60. The number of benzene rings is 3. The number of nitro benzene ring substituents is 1. The lowest BCUT2D eigenvalue weighted by molar-refractivity contribution is -0.384. The highest BCUT2D eigenvalue weighted by Gasteiger charge is 2.21. The number of aromatic nitrogens is 4. The van der Waals surface area contributed by atoms with Crippen molar-refractivity contribution in [3.8, 4) is 0 Å². The lowest BCUT2D eigenvalue weighted by atomic mass is 10.1. The van der Waals surface area contributed by atoms with Gasteiger partial charge in [-0.1, -0.05) is 24.3 Å². The number of carbonyl (C=O) groups is 2. The third-order valence-corrected chi connectivity index (χ3v) is 4.97. The van der Waals surface area contributed by atoms with Gasteiger partial charge in [-0.3, -0.25) is 28.8 Å². The first-order valence-corrected chi connectivity index (χ1v) is 9.26. The summed E-state index contributed by atoms with van der Waals surface area (Å²) in [5.74, 6) is -1.05. The zero-order valence-electron chi connectivity index (χ0n) is 15.9. The molecule has 0 saturated heterocycles. The van der Waals surface area contributed by atoms with E-state index in [0.717, 1.165) is 12.1 Å². The van der Waals surface area contributed by atoms with E-state index in [1.807, 2.05) is 0 Å². The number of rotatable bonds is 3. The van der Waals surface area contributed by atoms with Crippen LogP contribution in [0, 0.1) is 10.1 Å². The molecule has 0 N–H and O–H groups in total. The van der Waals surface area contributed by atoms with Crippen LogP contribution >= 0.6 is 0 Å². The zero-order valence-corrected chi connectivity index (χ0v) is 15.9. The second kappa shape index (κ2) is 6.99. The molecule has 9 nitrogen and oxygen atoms in total. The first kappa shape index (κ1) is 18.4. The van der Waals surface area contributed by atoms with E-state index >= 15 is 0 Å². The van der Waals surface area contributed by atoms with Gasteiger partial charge in [0.15, 0.2) is 0 Å². The smallest absolute Gasteiger partial charge is 0.268 e. The lowest BCUT2D eigenvalue weighted by Crippen LogP contribution is -2.15. The van der Waals surface area contributed by atoms with Crippen molar-refractivity contribution in [1.82, 2.24) is 19.1 Å². The molecule has 0 spiro atoms. The molecule has 0 aliphatic carbocycles. The second-order valence-electron chi connectivity index (χ2n) is 6.84. The molecule has 9 heteroatoms. The van der Waals surface area contributed by atoms with Gasteiger partial charge in [0.1, 0.15) is 12.7 Å². The fraction of sp³-hybridized carbons (Fsp3) is 0. The zero-order chi connectivity index (χ0) is 21.5. The van der Waals surface area contributed by atoms with E-state index in [1.165, 1.54) is 27.9 Å². The minimum atomic E-state index is -0.633. The Morgan fingerprint density at radius 3 is 1.65 bits per heavy atom. The minimum Gasteiger partial charge on any atom is -0.268 e. The fourth-order valence-corrected chi connectivity index (χ4v) is 3.48. The largest absolute Gasteiger partial charge is 0.271 e. The van der Waals surface area contributed by atoms with E-state index in [0.29, 0.717) is 22.1 Å². The van der Waals surface area contributed by atoms with Gasteiger partial charge in [-0.05, 0) is 30.3 Å². The van der Waals surface area contributed by atoms with Crippen LogP contribution in [-0.2, 0) is 0 Å². The van der Waals surface area contributed by atoms with Crippen LogP contribution in [0.25, 0.3) is 22.1 Å². The number of hydrogen-bond donors (Lipinski definition) is 0. The summed E-state index contributed by atoms with van der Waals surface area (Å²) in [6.07, 6.45) is 2.72. The summed E-state index contributed by atoms with van der Waals surface area (Å²) in [7, 11) is 0. The highest BCUT2D eigenvalue weighted by molar-refractivity contribution is 6.06. The predicted molar refractivity (Wildman–Crippen MR) is 112 cm³/mol. The Morgan fingerprint density at radius 1 is 0.742 bits per heavy atom. The van der Waals surface area contributed by atoms with E-state index in [9.17, 15) is 19.7 Å². The van der Waals surface area contributed by atoms with Crippen molar-refractivity contribution in [2.75, 3.05) is 0 Å². The normalized spacial score (nSPS) is 11.1. The summed E-state index contributed by atoms with van der Waals surface area (Å²) in [6, 6.07) is 17.7. The van der Waals surface area contributed by atoms with Crippen LogP contribution in [0.5, 0.6) is 0 Å². The van der Waals surface area contributed by atoms with Crippen LogP contribution in [0.15, 0.2) is 79.4 Å². The maximum atomic E-state index is 13.1. The van der Waals surface area contributed by atoms with Crippen molar-refractivity contribution in [3.05, 3.63) is 101 Å². The van der Waals surface area contributed by atoms with E-state index < -0.39 is 16.7 Å². The van der Waals surface area contributed by atoms with Crippen molar-refractivity contribution < 1.29 is 14.5 Å². The molecule has 0 saturated carbocycles. The quantitative estimate of drug-likeness (QED) is 0.331. The average Bonchev–Trinajstić information content (AvgIpc) is 3.42. The molecule has 5 rings (SSSR count). The molecule has 2 heterocycles. The fourth-order valence-electron chi connectivity index (χ4n) is 3.48. The number of imidazole rings is 2. The van der Waals surface area contributed by atoms with Crippen molar-refractivity contribution in [2.45, 2.75) is 0 Å². The van der Waals surface area contributed by atoms with Gasteiger partial charge in [-0.15, -0.1) is 0 Å². The number of non-ortho nitro benzene ring substituents is 1. The number of carbonyl (C=O) groups excluding carboxylic acids is 2. The van der Waals surface area contributed by atoms with E-state index in [-0.39, 0.29) is 16.8 Å². The molecule has 0 aliphatic rings. The third-order valence-electron chi connectivity index (χ3n) is 4.97. The van der Waals surface area contributed by atoms with Gasteiger partial charge in [0, 0.05) is 23.3 Å². The second-order valence-corrected chi connectivity index (χ2v) is 6.84. The molecule has 0 amide bonds. The average molecular weight is 411 g/mol. The number of para-hydroxylation sites is 4. The number of nitrogens with zero attached hydrogens (tertiary/aromatic N) is 5. The summed E-state index contributed by atoms with van der Waals surface area (Å²) in [5.41, 5.74) is 2.00. The molecule has 0 bridgehead atoms. The van der Waals surface area contributed by atoms with Gasteiger partial charge in [-0.2, -0.15) is 0 Å². The van der Waals surface area contributed by atoms with Gasteiger partial charge in [-0.25, -0.2) is 9.97 Å². The van der Waals surface area contributed by atoms with Crippen LogP contribution in [0.2, 0.25) is 0 Å². The molecule has 0 aliphatic heterocycles. The number of fused-ring (bicyclic) bond motifs is 2. The van der Waals surface area contributed by atoms with Crippen LogP contribution in [0.1, 0.15) is 20.7 Å². The minimum absolute atomic E-state index is 0.00474. The Morgan fingerprint density at radius 2 is 1.19 bits per heavy atom. The van der Waals surface area contributed by atoms with E-state index in [1.54, 1.807) is 48.5 Å². The monoisotopic (exact) mass is 411 g/mol. The Bertz CT molecular complexity index is 1410. The highest BCUT2D eigenvalue weighted by atomic mass is 16.6. The van der Waals surface area contributed by atoms with Crippen LogP contribution < -0.4 is 0 Å².